The first-order valence-electron chi connectivity index (χ1n) is 5.83. The standard InChI is InChI=1S/C14H18O2/c1-8-6-13-12(7-9(2)14(13)16)10(3)11(8)4-5-15/h6,9,15H,4-5,7H2,1-3H3/t9-/m1/s1. The summed E-state index contributed by atoms with van der Waals surface area (Å²) in [5.74, 6) is 0.397. The maximum atomic E-state index is 11.9. The minimum Gasteiger partial charge on any atom is -0.396 e. The second-order valence-corrected chi connectivity index (χ2v) is 4.77. The zero-order chi connectivity index (χ0) is 11.9. The molecule has 0 amide bonds. The molecular weight excluding hydrogens is 200 g/mol. The van der Waals surface area contributed by atoms with Gasteiger partial charge in [-0.1, -0.05) is 6.92 Å². The van der Waals surface area contributed by atoms with E-state index < -0.39 is 0 Å². The van der Waals surface area contributed by atoms with E-state index in [0.29, 0.717) is 6.42 Å². The molecule has 0 saturated carbocycles. The van der Waals surface area contributed by atoms with Gasteiger partial charge in [-0.05, 0) is 55.0 Å². The SMILES string of the molecule is Cc1cc2c(c(C)c1CCO)C[C@@H](C)C2=O. The fourth-order valence-corrected chi connectivity index (χ4v) is 2.71. The number of benzene rings is 1. The number of hydrogen-bond donors (Lipinski definition) is 1. The largest absolute Gasteiger partial charge is 0.396 e. The van der Waals surface area contributed by atoms with E-state index in [1.54, 1.807) is 0 Å². The van der Waals surface area contributed by atoms with Crippen LogP contribution in [-0.2, 0) is 12.8 Å². The topological polar surface area (TPSA) is 37.3 Å². The summed E-state index contributed by atoms with van der Waals surface area (Å²) in [5.41, 5.74) is 5.66. The van der Waals surface area contributed by atoms with Gasteiger partial charge in [0.05, 0.1) is 0 Å². The van der Waals surface area contributed by atoms with Crippen LogP contribution in [0.25, 0.3) is 0 Å². The Labute approximate surface area is 96.3 Å². The molecule has 2 nitrogen and oxygen atoms in total. The molecule has 2 rings (SSSR count). The Morgan fingerprint density at radius 1 is 1.44 bits per heavy atom. The van der Waals surface area contributed by atoms with Crippen molar-refractivity contribution in [1.82, 2.24) is 0 Å². The van der Waals surface area contributed by atoms with Crippen molar-refractivity contribution in [3.8, 4) is 0 Å². The monoisotopic (exact) mass is 218 g/mol. The van der Waals surface area contributed by atoms with E-state index in [-0.39, 0.29) is 18.3 Å². The van der Waals surface area contributed by atoms with E-state index in [9.17, 15) is 4.79 Å². The average molecular weight is 218 g/mol. The summed E-state index contributed by atoms with van der Waals surface area (Å²) >= 11 is 0. The number of ketones is 1. The molecular formula is C14H18O2. The van der Waals surface area contributed by atoms with Gasteiger partial charge >= 0.3 is 0 Å². The highest BCUT2D eigenvalue weighted by molar-refractivity contribution is 6.02. The first-order valence-corrected chi connectivity index (χ1v) is 5.83. The molecule has 1 aliphatic rings. The lowest BCUT2D eigenvalue weighted by atomic mass is 9.92. The van der Waals surface area contributed by atoms with Crippen LogP contribution < -0.4 is 0 Å². The van der Waals surface area contributed by atoms with Crippen LogP contribution in [0.1, 0.15) is 39.5 Å². The third kappa shape index (κ3) is 1.57. The molecule has 0 spiro atoms. The molecule has 16 heavy (non-hydrogen) atoms. The van der Waals surface area contributed by atoms with Gasteiger partial charge in [0.25, 0.3) is 0 Å². The zero-order valence-electron chi connectivity index (χ0n) is 10.1. The number of aryl methyl sites for hydroxylation is 1. The second-order valence-electron chi connectivity index (χ2n) is 4.77. The summed E-state index contributed by atoms with van der Waals surface area (Å²) in [7, 11) is 0. The van der Waals surface area contributed by atoms with Gasteiger partial charge in [-0.25, -0.2) is 0 Å². The number of fused-ring (bicyclic) bond motifs is 1. The Hall–Kier alpha value is -1.15. The highest BCUT2D eigenvalue weighted by atomic mass is 16.2. The van der Waals surface area contributed by atoms with Crippen LogP contribution in [0.4, 0.5) is 0 Å². The summed E-state index contributed by atoms with van der Waals surface area (Å²) in [5, 5.41) is 9.05. The van der Waals surface area contributed by atoms with Crippen LogP contribution in [0.3, 0.4) is 0 Å². The third-order valence-electron chi connectivity index (χ3n) is 3.65. The van der Waals surface area contributed by atoms with Gasteiger partial charge in [-0.3, -0.25) is 4.79 Å². The van der Waals surface area contributed by atoms with Crippen LogP contribution in [-0.4, -0.2) is 17.5 Å². The van der Waals surface area contributed by atoms with E-state index in [1.807, 2.05) is 19.9 Å². The number of aliphatic hydroxyl groups is 1. The predicted molar refractivity (Wildman–Crippen MR) is 63.9 cm³/mol. The summed E-state index contributed by atoms with van der Waals surface area (Å²) in [6.45, 7) is 6.25. The number of aliphatic hydroxyl groups excluding tert-OH is 1. The van der Waals surface area contributed by atoms with Crippen molar-refractivity contribution >= 4 is 5.78 Å². The van der Waals surface area contributed by atoms with Crippen LogP contribution in [0.15, 0.2) is 6.07 Å². The van der Waals surface area contributed by atoms with Crippen molar-refractivity contribution in [2.24, 2.45) is 5.92 Å². The molecule has 1 aromatic rings. The van der Waals surface area contributed by atoms with Gasteiger partial charge < -0.3 is 5.11 Å². The van der Waals surface area contributed by atoms with Gasteiger partial charge in [0, 0.05) is 18.1 Å². The van der Waals surface area contributed by atoms with Gasteiger partial charge in [-0.15, -0.1) is 0 Å². The van der Waals surface area contributed by atoms with E-state index in [1.165, 1.54) is 16.7 Å². The lowest BCUT2D eigenvalue weighted by Gasteiger charge is -2.13. The number of rotatable bonds is 2. The Morgan fingerprint density at radius 2 is 2.12 bits per heavy atom. The van der Waals surface area contributed by atoms with Crippen molar-refractivity contribution in [3.05, 3.63) is 33.9 Å². The minimum absolute atomic E-state index is 0.123. The first kappa shape index (κ1) is 11.3. The first-order chi connectivity index (χ1) is 7.56. The second kappa shape index (κ2) is 4.02. The van der Waals surface area contributed by atoms with E-state index >= 15 is 0 Å². The van der Waals surface area contributed by atoms with Crippen LogP contribution in [0.2, 0.25) is 0 Å². The molecule has 0 saturated heterocycles. The van der Waals surface area contributed by atoms with Gasteiger partial charge in [-0.2, -0.15) is 0 Å². The van der Waals surface area contributed by atoms with Gasteiger partial charge in [0.1, 0.15) is 0 Å². The lowest BCUT2D eigenvalue weighted by Crippen LogP contribution is -2.04. The molecule has 86 valence electrons. The number of carbonyl (C=O) groups excluding carboxylic acids is 1. The van der Waals surface area contributed by atoms with Crippen molar-refractivity contribution in [1.29, 1.82) is 0 Å². The molecule has 0 unspecified atom stereocenters. The molecule has 0 bridgehead atoms. The fraction of sp³-hybridized carbons (Fsp3) is 0.500. The number of carbonyl (C=O) groups is 1. The Morgan fingerprint density at radius 3 is 2.75 bits per heavy atom. The normalized spacial score (nSPS) is 19.0. The van der Waals surface area contributed by atoms with Crippen molar-refractivity contribution in [2.45, 2.75) is 33.6 Å². The molecule has 0 aromatic heterocycles. The number of hydrogen-bond acceptors (Lipinski definition) is 2. The van der Waals surface area contributed by atoms with Gasteiger partial charge in [0.2, 0.25) is 0 Å². The quantitative estimate of drug-likeness (QED) is 0.826. The van der Waals surface area contributed by atoms with Gasteiger partial charge in [0.15, 0.2) is 5.78 Å². The summed E-state index contributed by atoms with van der Waals surface area (Å²) < 4.78 is 0. The van der Waals surface area contributed by atoms with E-state index in [4.69, 9.17) is 5.11 Å². The maximum Gasteiger partial charge on any atom is 0.166 e. The van der Waals surface area contributed by atoms with E-state index in [0.717, 1.165) is 17.5 Å². The lowest BCUT2D eigenvalue weighted by molar-refractivity contribution is 0.0946. The summed E-state index contributed by atoms with van der Waals surface area (Å²) in [6, 6.07) is 2.00. The smallest absolute Gasteiger partial charge is 0.166 e. The Kier molecular flexibility index (Phi) is 2.85. The average Bonchev–Trinajstić information content (AvgIpc) is 2.52. The molecule has 0 aliphatic heterocycles. The molecule has 1 aromatic carbocycles. The molecule has 0 radical (unpaired) electrons. The predicted octanol–water partition coefficient (Wildman–Crippen LogP) is 2.21. The molecule has 2 heteroatoms. The Balaban J connectivity index is 2.57. The Bertz CT molecular complexity index is 447. The van der Waals surface area contributed by atoms with Crippen molar-refractivity contribution in [2.75, 3.05) is 6.61 Å². The van der Waals surface area contributed by atoms with Crippen LogP contribution in [0, 0.1) is 19.8 Å². The van der Waals surface area contributed by atoms with Crippen molar-refractivity contribution in [3.63, 3.8) is 0 Å². The molecule has 0 fully saturated rings. The van der Waals surface area contributed by atoms with Crippen molar-refractivity contribution < 1.29 is 9.90 Å². The number of Topliss-reactive ketones (excluding diaryl/α,β-unsaturated/α-hetero) is 1. The highest BCUT2D eigenvalue weighted by Crippen LogP contribution is 2.32. The summed E-state index contributed by atoms with van der Waals surface area (Å²) in [4.78, 5) is 11.9. The molecule has 1 atom stereocenters. The van der Waals surface area contributed by atoms with E-state index in [2.05, 4.69) is 6.92 Å². The van der Waals surface area contributed by atoms with Crippen LogP contribution >= 0.6 is 0 Å². The minimum atomic E-state index is 0.123. The molecule has 0 heterocycles. The van der Waals surface area contributed by atoms with Crippen LogP contribution in [0.5, 0.6) is 0 Å². The zero-order valence-corrected chi connectivity index (χ0v) is 10.1. The maximum absolute atomic E-state index is 11.9. The third-order valence-corrected chi connectivity index (χ3v) is 3.65. The molecule has 1 aliphatic carbocycles. The fourth-order valence-electron chi connectivity index (χ4n) is 2.71. The molecule has 1 N–H and O–H groups in total. The highest BCUT2D eigenvalue weighted by Gasteiger charge is 2.29. The summed E-state index contributed by atoms with van der Waals surface area (Å²) in [6.07, 6.45) is 1.55.